The summed E-state index contributed by atoms with van der Waals surface area (Å²) in [6.07, 6.45) is 1.53. The van der Waals surface area contributed by atoms with Crippen LogP contribution in [0.25, 0.3) is 0 Å². The number of nitrogens with one attached hydrogen (secondary N) is 2. The molecular formula is C25H24N4O5S. The van der Waals surface area contributed by atoms with Gasteiger partial charge in [-0.25, -0.2) is 8.42 Å². The average Bonchev–Trinajstić information content (AvgIpc) is 2.87. The van der Waals surface area contributed by atoms with Crippen LogP contribution < -0.4 is 20.7 Å². The van der Waals surface area contributed by atoms with Crippen molar-refractivity contribution in [2.24, 2.45) is 5.73 Å². The van der Waals surface area contributed by atoms with Crippen LogP contribution in [0.5, 0.6) is 0 Å². The molecule has 0 aromatic heterocycles. The van der Waals surface area contributed by atoms with Crippen molar-refractivity contribution in [1.29, 1.82) is 0 Å². The summed E-state index contributed by atoms with van der Waals surface area (Å²) in [4.78, 5) is 35.6. The first-order valence-corrected chi connectivity index (χ1v) is 12.4. The van der Waals surface area contributed by atoms with Gasteiger partial charge in [-0.2, -0.15) is 0 Å². The van der Waals surface area contributed by atoms with Crippen LogP contribution in [0.1, 0.15) is 32.7 Å². The normalized spacial score (nSPS) is 13.0. The van der Waals surface area contributed by atoms with Crippen LogP contribution in [-0.4, -0.2) is 39.2 Å². The number of aryl methyl sites for hydroxylation is 1. The molecule has 0 atom stereocenters. The summed E-state index contributed by atoms with van der Waals surface area (Å²) in [6, 6.07) is 19.3. The lowest BCUT2D eigenvalue weighted by molar-refractivity contribution is -0.117. The van der Waals surface area contributed by atoms with Gasteiger partial charge < -0.3 is 16.4 Å². The minimum Gasteiger partial charge on any atom is -0.368 e. The maximum Gasteiger partial charge on any atom is 0.264 e. The number of sulfonamides is 1. The summed E-state index contributed by atoms with van der Waals surface area (Å²) in [5, 5.41) is 5.07. The fourth-order valence-corrected chi connectivity index (χ4v) is 5.44. The van der Waals surface area contributed by atoms with Crippen molar-refractivity contribution in [2.75, 3.05) is 22.7 Å². The van der Waals surface area contributed by atoms with E-state index in [1.54, 1.807) is 6.07 Å². The number of para-hydroxylation sites is 1. The van der Waals surface area contributed by atoms with E-state index in [0.29, 0.717) is 29.9 Å². The van der Waals surface area contributed by atoms with Crippen LogP contribution in [0.2, 0.25) is 0 Å². The minimum atomic E-state index is -3.86. The number of carbonyl (C=O) groups excluding carboxylic acids is 3. The molecule has 1 aliphatic rings. The van der Waals surface area contributed by atoms with Gasteiger partial charge in [-0.05, 0) is 66.9 Å². The number of anilines is 2. The number of rotatable bonds is 7. The SMILES string of the molecule is NC(=O)CNC(=O)c1ccc(NC(=O)c2cccc(S(=O)(=O)N3CCCc4ccccc43)c2)cc1. The molecule has 3 aromatic carbocycles. The Hall–Kier alpha value is -4.18. The molecule has 0 saturated carbocycles. The molecule has 0 aliphatic carbocycles. The van der Waals surface area contributed by atoms with Crippen LogP contribution >= 0.6 is 0 Å². The van der Waals surface area contributed by atoms with Crippen LogP contribution in [-0.2, 0) is 21.2 Å². The molecule has 35 heavy (non-hydrogen) atoms. The van der Waals surface area contributed by atoms with Crippen LogP contribution in [0.15, 0.2) is 77.7 Å². The number of nitrogens with two attached hydrogens (primary N) is 1. The standard InChI is InChI=1S/C25H24N4O5S/c26-23(30)16-27-24(31)18-10-12-20(13-11-18)28-25(32)19-6-3-8-21(15-19)35(33,34)29-14-4-7-17-5-1-2-9-22(17)29/h1-3,5-6,8-13,15H,4,7,14,16H2,(H2,26,30)(H,27,31)(H,28,32). The second-order valence-electron chi connectivity index (χ2n) is 8.02. The first-order chi connectivity index (χ1) is 16.8. The number of nitrogens with zero attached hydrogens (tertiary/aromatic N) is 1. The summed E-state index contributed by atoms with van der Waals surface area (Å²) in [5.74, 6) is -1.62. The van der Waals surface area contributed by atoms with Gasteiger partial charge in [-0.3, -0.25) is 18.7 Å². The highest BCUT2D eigenvalue weighted by molar-refractivity contribution is 7.92. The van der Waals surface area contributed by atoms with Gasteiger partial charge in [0, 0.05) is 23.4 Å². The molecule has 9 nitrogen and oxygen atoms in total. The van der Waals surface area contributed by atoms with E-state index < -0.39 is 27.7 Å². The van der Waals surface area contributed by atoms with Crippen molar-refractivity contribution >= 4 is 39.1 Å². The van der Waals surface area contributed by atoms with E-state index in [2.05, 4.69) is 10.6 Å². The van der Waals surface area contributed by atoms with E-state index in [0.717, 1.165) is 12.0 Å². The van der Waals surface area contributed by atoms with Crippen LogP contribution in [0.4, 0.5) is 11.4 Å². The molecule has 0 spiro atoms. The zero-order chi connectivity index (χ0) is 25.0. The molecular weight excluding hydrogens is 468 g/mol. The van der Waals surface area contributed by atoms with Crippen molar-refractivity contribution in [3.8, 4) is 0 Å². The van der Waals surface area contributed by atoms with Crippen LogP contribution in [0.3, 0.4) is 0 Å². The topological polar surface area (TPSA) is 139 Å². The van der Waals surface area contributed by atoms with Gasteiger partial charge in [-0.15, -0.1) is 0 Å². The first-order valence-electron chi connectivity index (χ1n) is 10.9. The first kappa shape index (κ1) is 24.0. The van der Waals surface area contributed by atoms with E-state index in [1.165, 1.54) is 52.8 Å². The predicted molar refractivity (Wildman–Crippen MR) is 132 cm³/mol. The molecule has 1 aliphatic heterocycles. The highest BCUT2D eigenvalue weighted by Gasteiger charge is 2.29. The average molecular weight is 493 g/mol. The fourth-order valence-electron chi connectivity index (χ4n) is 3.85. The third-order valence-corrected chi connectivity index (χ3v) is 7.39. The molecule has 180 valence electrons. The van der Waals surface area contributed by atoms with Crippen molar-refractivity contribution in [3.05, 3.63) is 89.5 Å². The number of amides is 3. The lowest BCUT2D eigenvalue weighted by Crippen LogP contribution is -2.35. The van der Waals surface area contributed by atoms with Crippen molar-refractivity contribution in [2.45, 2.75) is 17.7 Å². The van der Waals surface area contributed by atoms with Gasteiger partial charge in [0.05, 0.1) is 17.1 Å². The Morgan fingerprint density at radius 1 is 0.886 bits per heavy atom. The van der Waals surface area contributed by atoms with Gasteiger partial charge in [-0.1, -0.05) is 24.3 Å². The maximum absolute atomic E-state index is 13.4. The maximum atomic E-state index is 13.4. The number of benzene rings is 3. The van der Waals surface area contributed by atoms with Crippen LogP contribution in [0, 0.1) is 0 Å². The van der Waals surface area contributed by atoms with Gasteiger partial charge in [0.25, 0.3) is 21.8 Å². The van der Waals surface area contributed by atoms with Crippen molar-refractivity contribution in [1.82, 2.24) is 5.32 Å². The van der Waals surface area contributed by atoms with E-state index in [9.17, 15) is 22.8 Å². The highest BCUT2D eigenvalue weighted by atomic mass is 32.2. The van der Waals surface area contributed by atoms with E-state index >= 15 is 0 Å². The Balaban J connectivity index is 1.50. The second kappa shape index (κ2) is 9.98. The molecule has 4 N–H and O–H groups in total. The summed E-state index contributed by atoms with van der Waals surface area (Å²) in [7, 11) is -3.86. The lowest BCUT2D eigenvalue weighted by Gasteiger charge is -2.30. The van der Waals surface area contributed by atoms with Gasteiger partial charge in [0.2, 0.25) is 5.91 Å². The summed E-state index contributed by atoms with van der Waals surface area (Å²) < 4.78 is 28.2. The van der Waals surface area contributed by atoms with Crippen molar-refractivity contribution < 1.29 is 22.8 Å². The highest BCUT2D eigenvalue weighted by Crippen LogP contribution is 2.32. The molecule has 10 heteroatoms. The molecule has 3 amide bonds. The molecule has 4 rings (SSSR count). The monoisotopic (exact) mass is 492 g/mol. The van der Waals surface area contributed by atoms with Gasteiger partial charge in [0.1, 0.15) is 0 Å². The molecule has 0 radical (unpaired) electrons. The lowest BCUT2D eigenvalue weighted by atomic mass is 10.0. The minimum absolute atomic E-state index is 0.0309. The number of hydrogen-bond acceptors (Lipinski definition) is 5. The van der Waals surface area contributed by atoms with Gasteiger partial charge in [0.15, 0.2) is 0 Å². The molecule has 0 saturated heterocycles. The van der Waals surface area contributed by atoms with E-state index in [4.69, 9.17) is 5.73 Å². The molecule has 3 aromatic rings. The third-order valence-electron chi connectivity index (χ3n) is 5.58. The molecule has 0 fully saturated rings. The summed E-state index contributed by atoms with van der Waals surface area (Å²) in [6.45, 7) is 0.0920. The quantitative estimate of drug-likeness (QED) is 0.465. The summed E-state index contributed by atoms with van der Waals surface area (Å²) >= 11 is 0. The number of carbonyl (C=O) groups is 3. The third kappa shape index (κ3) is 5.33. The summed E-state index contributed by atoms with van der Waals surface area (Å²) in [5.41, 5.74) is 7.54. The molecule has 0 unspecified atom stereocenters. The largest absolute Gasteiger partial charge is 0.368 e. The Bertz CT molecular complexity index is 1390. The zero-order valence-electron chi connectivity index (χ0n) is 18.7. The smallest absolute Gasteiger partial charge is 0.264 e. The Labute approximate surface area is 203 Å². The number of hydrogen-bond donors (Lipinski definition) is 3. The molecule has 0 bridgehead atoms. The predicted octanol–water partition coefficient (Wildman–Crippen LogP) is 2.30. The van der Waals surface area contributed by atoms with E-state index in [-0.39, 0.29) is 17.0 Å². The number of primary amides is 1. The zero-order valence-corrected chi connectivity index (χ0v) is 19.5. The fraction of sp³-hybridized carbons (Fsp3) is 0.160. The second-order valence-corrected chi connectivity index (χ2v) is 9.88. The van der Waals surface area contributed by atoms with Gasteiger partial charge >= 0.3 is 0 Å². The Morgan fingerprint density at radius 3 is 2.37 bits per heavy atom. The van der Waals surface area contributed by atoms with E-state index in [1.807, 2.05) is 18.2 Å². The Kier molecular flexibility index (Phi) is 6.83. The number of fused-ring (bicyclic) bond motifs is 1. The Morgan fingerprint density at radius 2 is 1.63 bits per heavy atom. The van der Waals surface area contributed by atoms with Crippen molar-refractivity contribution in [3.63, 3.8) is 0 Å². The molecule has 1 heterocycles.